The molecule has 0 bridgehead atoms. The summed E-state index contributed by atoms with van der Waals surface area (Å²) in [5, 5.41) is 0. The maximum absolute atomic E-state index is 13.4. The Balaban J connectivity index is 0.000000134. The Labute approximate surface area is 192 Å². The molecule has 3 aliphatic rings. The molecule has 1 atom stereocenters. The molecule has 2 aliphatic carbocycles. The summed E-state index contributed by atoms with van der Waals surface area (Å²) in [6.07, 6.45) is 2.95. The largest absolute Gasteiger partial charge is 0.286 e. The second-order valence-corrected chi connectivity index (χ2v) is 12.6. The van der Waals surface area contributed by atoms with E-state index in [0.717, 1.165) is 10.0 Å². The summed E-state index contributed by atoms with van der Waals surface area (Å²) in [4.78, 5) is -0.770. The van der Waals surface area contributed by atoms with Crippen LogP contribution in [0.5, 0.6) is 0 Å². The van der Waals surface area contributed by atoms with E-state index >= 15 is 0 Å². The first-order chi connectivity index (χ1) is 12.8. The topological polar surface area (TPSA) is 0 Å². The first-order valence-corrected chi connectivity index (χ1v) is 13.2. The van der Waals surface area contributed by atoms with Crippen LogP contribution in [0.25, 0.3) is 0 Å². The third-order valence-electron chi connectivity index (χ3n) is 5.24. The molecule has 2 aromatic carbocycles. The van der Waals surface area contributed by atoms with Crippen LogP contribution >= 0.6 is 71.3 Å². The molecule has 2 aromatic rings. The van der Waals surface area contributed by atoms with Gasteiger partial charge in [0.1, 0.15) is 0 Å². The van der Waals surface area contributed by atoms with Gasteiger partial charge in [-0.3, -0.25) is 0 Å². The summed E-state index contributed by atoms with van der Waals surface area (Å²) in [6, 6.07) is 11.6. The summed E-state index contributed by atoms with van der Waals surface area (Å²) >= 11 is 14.2. The second-order valence-electron chi connectivity index (χ2n) is 6.78. The van der Waals surface area contributed by atoms with Crippen molar-refractivity contribution in [1.82, 2.24) is 0 Å². The Morgan fingerprint density at radius 3 is 2.11 bits per heavy atom. The van der Waals surface area contributed by atoms with E-state index in [1.54, 1.807) is 23.3 Å². The molecule has 1 unspecified atom stereocenters. The maximum atomic E-state index is 13.4. The molecule has 1 spiro atoms. The quantitative estimate of drug-likeness (QED) is 0.283. The number of alkyl halides is 3. The van der Waals surface area contributed by atoms with Gasteiger partial charge in [0.25, 0.3) is 5.92 Å². The lowest BCUT2D eigenvalue weighted by atomic mass is 10.1. The molecule has 0 nitrogen and oxygen atoms in total. The monoisotopic (exact) mass is 596 g/mol. The predicted octanol–water partition coefficient (Wildman–Crippen LogP) is 7.89. The Bertz CT molecular complexity index is 866. The van der Waals surface area contributed by atoms with Gasteiger partial charge in [-0.05, 0) is 48.1 Å². The number of rotatable bonds is 0. The van der Waals surface area contributed by atoms with E-state index in [9.17, 15) is 8.78 Å². The fourth-order valence-corrected chi connectivity index (χ4v) is 8.91. The van der Waals surface area contributed by atoms with Crippen LogP contribution < -0.4 is 0 Å². The summed E-state index contributed by atoms with van der Waals surface area (Å²) in [5.41, 5.74) is 3.99. The molecule has 5 rings (SSSR count). The molecule has 0 saturated carbocycles. The van der Waals surface area contributed by atoms with Crippen LogP contribution in [-0.4, -0.2) is 16.3 Å². The van der Waals surface area contributed by atoms with Crippen LogP contribution in [0.4, 0.5) is 8.78 Å². The van der Waals surface area contributed by atoms with Crippen LogP contribution in [-0.2, 0) is 22.8 Å². The highest BCUT2D eigenvalue weighted by Crippen LogP contribution is 2.59. The Hall–Kier alpha value is 0.440. The van der Waals surface area contributed by atoms with Crippen molar-refractivity contribution >= 4 is 71.3 Å². The first-order valence-electron chi connectivity index (χ1n) is 8.71. The normalized spacial score (nSPS) is 23.7. The molecule has 144 valence electrons. The van der Waals surface area contributed by atoms with Crippen LogP contribution in [0, 0.1) is 0 Å². The molecule has 1 aliphatic heterocycles. The average Bonchev–Trinajstić information content (AvgIpc) is 3.32. The van der Waals surface area contributed by atoms with Gasteiger partial charge in [-0.25, -0.2) is 8.78 Å². The fraction of sp³-hybridized carbons (Fsp3) is 0.400. The van der Waals surface area contributed by atoms with Gasteiger partial charge in [-0.15, -0.1) is 23.5 Å². The van der Waals surface area contributed by atoms with Crippen LogP contribution in [0.1, 0.15) is 28.7 Å². The molecular formula is C20H17Br3F2S2. The molecule has 27 heavy (non-hydrogen) atoms. The molecular weight excluding hydrogens is 582 g/mol. The molecule has 0 N–H and O–H groups in total. The minimum absolute atomic E-state index is 0.142. The third kappa shape index (κ3) is 3.69. The van der Waals surface area contributed by atoms with Crippen molar-refractivity contribution in [3.05, 3.63) is 67.6 Å². The van der Waals surface area contributed by atoms with E-state index in [4.69, 9.17) is 0 Å². The van der Waals surface area contributed by atoms with Crippen molar-refractivity contribution in [2.24, 2.45) is 0 Å². The second kappa shape index (κ2) is 7.93. The lowest BCUT2D eigenvalue weighted by molar-refractivity contribution is 0.00633. The van der Waals surface area contributed by atoms with Crippen molar-refractivity contribution in [2.75, 3.05) is 11.5 Å². The van der Waals surface area contributed by atoms with Crippen molar-refractivity contribution in [2.45, 2.75) is 34.1 Å². The van der Waals surface area contributed by atoms with Crippen molar-refractivity contribution in [3.63, 3.8) is 0 Å². The first kappa shape index (κ1) is 20.7. The SMILES string of the molecule is Brc1cccc2c1CCC21SCCS1.FC1(F)c2cccc(Br)c2CC1Br. The molecule has 1 heterocycles. The van der Waals surface area contributed by atoms with E-state index in [1.165, 1.54) is 34.9 Å². The van der Waals surface area contributed by atoms with Crippen molar-refractivity contribution in [3.8, 4) is 0 Å². The van der Waals surface area contributed by atoms with Gasteiger partial charge in [-0.2, -0.15) is 0 Å². The van der Waals surface area contributed by atoms with E-state index in [-0.39, 0.29) is 5.56 Å². The van der Waals surface area contributed by atoms with Crippen LogP contribution in [0.3, 0.4) is 0 Å². The minimum Gasteiger partial charge on any atom is -0.200 e. The number of hydrogen-bond acceptors (Lipinski definition) is 2. The smallest absolute Gasteiger partial charge is 0.200 e. The highest BCUT2D eigenvalue weighted by Gasteiger charge is 2.47. The highest BCUT2D eigenvalue weighted by atomic mass is 79.9. The predicted molar refractivity (Wildman–Crippen MR) is 124 cm³/mol. The van der Waals surface area contributed by atoms with Gasteiger partial charge in [0, 0.05) is 26.0 Å². The molecule has 1 saturated heterocycles. The minimum atomic E-state index is -2.74. The zero-order chi connectivity index (χ0) is 19.2. The standard InChI is InChI=1S/C11H11BrS2.C9H6Br2F2/c12-10-3-1-2-9-8(10)4-5-11(9)13-6-7-14-11;10-7-3-1-2-6-5(7)4-8(11)9(6,12)13/h1-3H,4-7H2;1-3,8H,4H2. The average molecular weight is 599 g/mol. The van der Waals surface area contributed by atoms with Gasteiger partial charge >= 0.3 is 0 Å². The van der Waals surface area contributed by atoms with Crippen molar-refractivity contribution < 1.29 is 8.78 Å². The van der Waals surface area contributed by atoms with Crippen molar-refractivity contribution in [1.29, 1.82) is 0 Å². The van der Waals surface area contributed by atoms with Gasteiger partial charge in [0.05, 0.1) is 8.91 Å². The van der Waals surface area contributed by atoms with Gasteiger partial charge in [-0.1, -0.05) is 72.1 Å². The number of fused-ring (bicyclic) bond motifs is 3. The summed E-state index contributed by atoms with van der Waals surface area (Å²) in [6.45, 7) is 0. The molecule has 0 amide bonds. The summed E-state index contributed by atoms with van der Waals surface area (Å²) < 4.78 is 29.4. The number of hydrogen-bond donors (Lipinski definition) is 0. The van der Waals surface area contributed by atoms with Crippen LogP contribution in [0.15, 0.2) is 45.3 Å². The van der Waals surface area contributed by atoms with Gasteiger partial charge in [0.15, 0.2) is 0 Å². The van der Waals surface area contributed by atoms with E-state index in [2.05, 4.69) is 89.5 Å². The third-order valence-corrected chi connectivity index (χ3v) is 11.2. The zero-order valence-corrected chi connectivity index (χ0v) is 20.7. The molecule has 1 fully saturated rings. The fourth-order valence-electron chi connectivity index (χ4n) is 3.90. The Morgan fingerprint density at radius 1 is 0.889 bits per heavy atom. The lowest BCUT2D eigenvalue weighted by Gasteiger charge is -2.22. The van der Waals surface area contributed by atoms with Gasteiger partial charge in [0.2, 0.25) is 0 Å². The Morgan fingerprint density at radius 2 is 1.48 bits per heavy atom. The number of benzene rings is 2. The number of thioether (sulfide) groups is 2. The Kier molecular flexibility index (Phi) is 6.08. The van der Waals surface area contributed by atoms with Crippen LogP contribution in [0.2, 0.25) is 0 Å². The zero-order valence-electron chi connectivity index (χ0n) is 14.3. The molecule has 0 radical (unpaired) electrons. The summed E-state index contributed by atoms with van der Waals surface area (Å²) in [7, 11) is 0. The molecule has 7 heteroatoms. The number of halogens is 5. The van der Waals surface area contributed by atoms with E-state index in [1.807, 2.05) is 0 Å². The molecule has 0 aromatic heterocycles. The van der Waals surface area contributed by atoms with Gasteiger partial charge < -0.3 is 0 Å². The van der Waals surface area contributed by atoms with E-state index in [0.29, 0.717) is 10.5 Å². The lowest BCUT2D eigenvalue weighted by Crippen LogP contribution is -2.20. The highest BCUT2D eigenvalue weighted by molar-refractivity contribution is 9.11. The van der Waals surface area contributed by atoms with E-state index < -0.39 is 10.7 Å². The maximum Gasteiger partial charge on any atom is 0.286 e. The summed E-state index contributed by atoms with van der Waals surface area (Å²) in [5.74, 6) is -0.105.